The monoisotopic (exact) mass is 417 g/mol. The predicted molar refractivity (Wildman–Crippen MR) is 113 cm³/mol. The third-order valence-corrected chi connectivity index (χ3v) is 5.50. The van der Waals surface area contributed by atoms with Gasteiger partial charge in [0.05, 0.1) is 24.3 Å². The average molecular weight is 418 g/mol. The Bertz CT molecular complexity index is 970. The first kappa shape index (κ1) is 19.7. The maximum Gasteiger partial charge on any atom is 0.264 e. The van der Waals surface area contributed by atoms with E-state index in [1.54, 1.807) is 30.6 Å². The Morgan fingerprint density at radius 2 is 2.14 bits per heavy atom. The highest BCUT2D eigenvalue weighted by Gasteiger charge is 2.13. The molecule has 0 bridgehead atoms. The highest BCUT2D eigenvalue weighted by molar-refractivity contribution is 7.99. The second kappa shape index (κ2) is 9.24. The van der Waals surface area contributed by atoms with Crippen LogP contribution in [0.3, 0.4) is 0 Å². The summed E-state index contributed by atoms with van der Waals surface area (Å²) < 4.78 is 6.47. The van der Waals surface area contributed by atoms with Gasteiger partial charge in [-0.2, -0.15) is 5.10 Å². The number of carbonyl (C=O) groups excluding carboxylic acids is 1. The van der Waals surface area contributed by atoms with Crippen LogP contribution in [-0.4, -0.2) is 39.4 Å². The van der Waals surface area contributed by atoms with Gasteiger partial charge in [-0.3, -0.25) is 4.79 Å². The van der Waals surface area contributed by atoms with Crippen LogP contribution in [-0.2, 0) is 4.79 Å². The molecule has 0 saturated carbocycles. The number of methoxy groups -OCH3 is 1. The van der Waals surface area contributed by atoms with Crippen molar-refractivity contribution in [1.82, 2.24) is 14.9 Å². The summed E-state index contributed by atoms with van der Waals surface area (Å²) in [4.78, 5) is 13.2. The Kier molecular flexibility index (Phi) is 6.50. The summed E-state index contributed by atoms with van der Waals surface area (Å²) >= 11 is 2.75. The van der Waals surface area contributed by atoms with E-state index in [2.05, 4.69) is 26.0 Å². The first-order valence-electron chi connectivity index (χ1n) is 8.19. The van der Waals surface area contributed by atoms with Crippen molar-refractivity contribution in [2.45, 2.75) is 12.1 Å². The number of amides is 1. The summed E-state index contributed by atoms with van der Waals surface area (Å²) in [5.74, 6) is 6.76. The second-order valence-electron chi connectivity index (χ2n) is 5.50. The van der Waals surface area contributed by atoms with Gasteiger partial charge in [-0.05, 0) is 30.5 Å². The van der Waals surface area contributed by atoms with Gasteiger partial charge in [0.2, 0.25) is 11.1 Å². The summed E-state index contributed by atoms with van der Waals surface area (Å²) in [5.41, 5.74) is 4.20. The Morgan fingerprint density at radius 3 is 2.89 bits per heavy atom. The number of rotatable bonds is 8. The molecule has 0 aliphatic carbocycles. The van der Waals surface area contributed by atoms with Crippen molar-refractivity contribution in [1.29, 1.82) is 0 Å². The fourth-order valence-electron chi connectivity index (χ4n) is 2.19. The van der Waals surface area contributed by atoms with Crippen LogP contribution in [0.2, 0.25) is 0 Å². The van der Waals surface area contributed by atoms with Crippen LogP contribution in [0.25, 0.3) is 0 Å². The molecule has 9 nitrogen and oxygen atoms in total. The van der Waals surface area contributed by atoms with Crippen molar-refractivity contribution in [3.8, 4) is 5.75 Å². The van der Waals surface area contributed by atoms with Gasteiger partial charge in [-0.15, -0.1) is 21.5 Å². The molecule has 3 rings (SSSR count). The summed E-state index contributed by atoms with van der Waals surface area (Å²) in [6.45, 7) is 1.88. The van der Waals surface area contributed by atoms with Crippen molar-refractivity contribution in [3.63, 3.8) is 0 Å². The molecule has 0 aliphatic heterocycles. The van der Waals surface area contributed by atoms with E-state index >= 15 is 0 Å². The lowest BCUT2D eigenvalue weighted by Gasteiger charge is -2.09. The van der Waals surface area contributed by atoms with E-state index in [1.807, 2.05) is 36.6 Å². The number of nitrogens with one attached hydrogen (secondary N) is 2. The summed E-state index contributed by atoms with van der Waals surface area (Å²) in [6, 6.07) is 11.1. The molecule has 2 aromatic heterocycles. The van der Waals surface area contributed by atoms with Gasteiger partial charge in [0.25, 0.3) is 5.95 Å². The minimum atomic E-state index is -0.210. The summed E-state index contributed by atoms with van der Waals surface area (Å²) in [7, 11) is 1.55. The van der Waals surface area contributed by atoms with Crippen LogP contribution >= 0.6 is 23.1 Å². The van der Waals surface area contributed by atoms with Crippen LogP contribution in [0.1, 0.15) is 11.8 Å². The number of benzene rings is 1. The molecule has 1 amide bonds. The van der Waals surface area contributed by atoms with E-state index in [-0.39, 0.29) is 17.6 Å². The topological polar surface area (TPSA) is 119 Å². The van der Waals surface area contributed by atoms with Crippen molar-refractivity contribution in [2.24, 2.45) is 5.10 Å². The zero-order valence-electron chi connectivity index (χ0n) is 15.2. The molecule has 0 unspecified atom stereocenters. The van der Waals surface area contributed by atoms with E-state index in [0.29, 0.717) is 16.6 Å². The number of thioether (sulfide) groups is 1. The number of carbonyl (C=O) groups is 1. The van der Waals surface area contributed by atoms with Gasteiger partial charge >= 0.3 is 0 Å². The first-order chi connectivity index (χ1) is 13.6. The molecule has 11 heteroatoms. The van der Waals surface area contributed by atoms with Gasteiger partial charge in [0.1, 0.15) is 5.75 Å². The number of hydrogen-bond acceptors (Lipinski definition) is 9. The fourth-order valence-corrected chi connectivity index (χ4v) is 3.52. The number of hydrazone groups is 1. The van der Waals surface area contributed by atoms with Crippen LogP contribution in [0.15, 0.2) is 52.0 Å². The standard InChI is InChI=1S/C17H19N7O2S2/c1-11(14-8-5-9-27-14)20-21-16-22-23-17(24(16)18)28-10-15(25)19-12-6-3-4-7-13(12)26-2/h3-9H,10,18H2,1-2H3,(H,19,25)(H,21,22)/b20-11+. The molecule has 0 radical (unpaired) electrons. The van der Waals surface area contributed by atoms with Crippen LogP contribution in [0.4, 0.5) is 11.6 Å². The van der Waals surface area contributed by atoms with Gasteiger partial charge in [0.15, 0.2) is 0 Å². The molecule has 3 aromatic rings. The Hall–Kier alpha value is -3.05. The van der Waals surface area contributed by atoms with Crippen LogP contribution in [0.5, 0.6) is 5.75 Å². The fraction of sp³-hybridized carbons (Fsp3) is 0.176. The van der Waals surface area contributed by atoms with Gasteiger partial charge in [-0.1, -0.05) is 30.0 Å². The third-order valence-electron chi connectivity index (χ3n) is 3.58. The maximum atomic E-state index is 12.2. The molecule has 28 heavy (non-hydrogen) atoms. The van der Waals surface area contributed by atoms with E-state index < -0.39 is 0 Å². The third kappa shape index (κ3) is 4.81. The van der Waals surface area contributed by atoms with E-state index in [0.717, 1.165) is 10.6 Å². The maximum absolute atomic E-state index is 12.2. The minimum absolute atomic E-state index is 0.116. The van der Waals surface area contributed by atoms with Gasteiger partial charge in [0, 0.05) is 4.88 Å². The summed E-state index contributed by atoms with van der Waals surface area (Å²) in [5, 5.41) is 17.4. The number of aromatic nitrogens is 3. The molecular formula is C17H19N7O2S2. The zero-order chi connectivity index (χ0) is 19.9. The second-order valence-corrected chi connectivity index (χ2v) is 7.39. The highest BCUT2D eigenvalue weighted by Crippen LogP contribution is 2.24. The molecule has 146 valence electrons. The quantitative estimate of drug-likeness (QED) is 0.223. The Balaban J connectivity index is 1.57. The number of nitrogen functional groups attached to an aromatic ring is 1. The lowest BCUT2D eigenvalue weighted by Crippen LogP contribution is -2.17. The molecule has 0 atom stereocenters. The molecule has 4 N–H and O–H groups in total. The summed E-state index contributed by atoms with van der Waals surface area (Å²) in [6.07, 6.45) is 0. The minimum Gasteiger partial charge on any atom is -0.495 e. The van der Waals surface area contributed by atoms with Crippen molar-refractivity contribution in [2.75, 3.05) is 29.4 Å². The number of para-hydroxylation sites is 2. The molecule has 0 spiro atoms. The molecule has 0 fully saturated rings. The van der Waals surface area contributed by atoms with E-state index in [9.17, 15) is 4.79 Å². The Morgan fingerprint density at radius 1 is 1.32 bits per heavy atom. The van der Waals surface area contributed by atoms with Crippen LogP contribution < -0.4 is 21.3 Å². The zero-order valence-corrected chi connectivity index (χ0v) is 16.9. The lowest BCUT2D eigenvalue weighted by molar-refractivity contribution is -0.113. The predicted octanol–water partition coefficient (Wildman–Crippen LogP) is 2.63. The molecule has 0 aliphatic rings. The number of ether oxygens (including phenoxy) is 1. The van der Waals surface area contributed by atoms with Crippen molar-refractivity contribution >= 4 is 46.4 Å². The lowest BCUT2D eigenvalue weighted by atomic mass is 10.3. The van der Waals surface area contributed by atoms with E-state index in [1.165, 1.54) is 16.4 Å². The van der Waals surface area contributed by atoms with E-state index in [4.69, 9.17) is 10.6 Å². The SMILES string of the molecule is COc1ccccc1NC(=O)CSc1nnc(N/N=C(\C)c2cccs2)n1N. The molecule has 2 heterocycles. The first-order valence-corrected chi connectivity index (χ1v) is 10.1. The largest absolute Gasteiger partial charge is 0.495 e. The molecular weight excluding hydrogens is 398 g/mol. The Labute approximate surface area is 170 Å². The van der Waals surface area contributed by atoms with Gasteiger partial charge in [-0.25, -0.2) is 10.1 Å². The smallest absolute Gasteiger partial charge is 0.264 e. The number of nitrogens with two attached hydrogens (primary N) is 1. The highest BCUT2D eigenvalue weighted by atomic mass is 32.2. The van der Waals surface area contributed by atoms with Crippen LogP contribution in [0, 0.1) is 0 Å². The normalized spacial score (nSPS) is 11.3. The number of thiophene rings is 1. The molecule has 1 aromatic carbocycles. The average Bonchev–Trinajstić information content (AvgIpc) is 3.35. The molecule has 0 saturated heterocycles. The van der Waals surface area contributed by atoms with Crippen molar-refractivity contribution < 1.29 is 9.53 Å². The number of hydrogen-bond donors (Lipinski definition) is 3. The van der Waals surface area contributed by atoms with Gasteiger partial charge < -0.3 is 15.9 Å². The number of anilines is 2. The number of nitrogens with zero attached hydrogens (tertiary/aromatic N) is 4. The van der Waals surface area contributed by atoms with Crippen molar-refractivity contribution in [3.05, 3.63) is 46.7 Å².